The van der Waals surface area contributed by atoms with E-state index in [2.05, 4.69) is 19.9 Å². The summed E-state index contributed by atoms with van der Waals surface area (Å²) in [7, 11) is 0. The fraction of sp³-hybridized carbons (Fsp3) is 0.636. The Balaban J connectivity index is 0. The molecule has 0 saturated heterocycles. The van der Waals surface area contributed by atoms with Crippen molar-refractivity contribution in [3.05, 3.63) is 23.4 Å². The van der Waals surface area contributed by atoms with Crippen molar-refractivity contribution < 1.29 is 0 Å². The molecule has 0 aliphatic heterocycles. The molecular weight excluding hydrogens is 146 g/mol. The van der Waals surface area contributed by atoms with Crippen LogP contribution in [0.1, 0.15) is 47.5 Å². The Bertz CT molecular complexity index is 125. The van der Waals surface area contributed by atoms with Crippen molar-refractivity contribution in [1.29, 1.82) is 0 Å². The quantitative estimate of drug-likeness (QED) is 0.641. The molecule has 0 radical (unpaired) electrons. The van der Waals surface area contributed by atoms with Crippen LogP contribution in [-0.2, 0) is 0 Å². The molecule has 0 amide bonds. The summed E-state index contributed by atoms with van der Waals surface area (Å²) in [5.41, 5.74) is 7.83. The maximum absolute atomic E-state index is 5.71. The fourth-order valence-corrected chi connectivity index (χ4v) is 0.805. The number of hydrogen-bond donors (Lipinski definition) is 1. The lowest BCUT2D eigenvalue weighted by Crippen LogP contribution is -1.97. The second kappa shape index (κ2) is 10.3. The molecule has 0 spiro atoms. The third-order valence-electron chi connectivity index (χ3n) is 1.39. The smallest absolute Gasteiger partial charge is 0.0299 e. The van der Waals surface area contributed by atoms with Crippen LogP contribution in [0.15, 0.2) is 23.4 Å². The molecule has 72 valence electrons. The number of hydrogen-bond acceptors (Lipinski definition) is 1. The van der Waals surface area contributed by atoms with Crippen LogP contribution in [0.25, 0.3) is 0 Å². The molecule has 0 saturated carbocycles. The number of nitrogens with two attached hydrogens (primary N) is 1. The van der Waals surface area contributed by atoms with Gasteiger partial charge in [-0.3, -0.25) is 0 Å². The molecule has 0 bridgehead atoms. The van der Waals surface area contributed by atoms with Gasteiger partial charge < -0.3 is 5.73 Å². The predicted octanol–water partition coefficient (Wildman–Crippen LogP) is 3.62. The van der Waals surface area contributed by atoms with E-state index in [9.17, 15) is 0 Å². The predicted molar refractivity (Wildman–Crippen MR) is 58.0 cm³/mol. The van der Waals surface area contributed by atoms with E-state index in [1.807, 2.05) is 26.8 Å². The number of allylic oxidation sites excluding steroid dienone is 3. The summed E-state index contributed by atoms with van der Waals surface area (Å²) < 4.78 is 0. The van der Waals surface area contributed by atoms with Gasteiger partial charge in [-0.05, 0) is 25.3 Å². The van der Waals surface area contributed by atoms with Gasteiger partial charge in [0.25, 0.3) is 0 Å². The van der Waals surface area contributed by atoms with Gasteiger partial charge in [-0.15, -0.1) is 0 Å². The summed E-state index contributed by atoms with van der Waals surface area (Å²) in [5.74, 6) is 0. The first-order valence-electron chi connectivity index (χ1n) is 4.85. The SMILES string of the molecule is CC.CC/C=C(C)\C(N)=C/CC. The summed E-state index contributed by atoms with van der Waals surface area (Å²) >= 11 is 0. The van der Waals surface area contributed by atoms with Crippen LogP contribution in [0, 0.1) is 0 Å². The van der Waals surface area contributed by atoms with Crippen LogP contribution in [0.4, 0.5) is 0 Å². The average Bonchev–Trinajstić information content (AvgIpc) is 2.09. The fourth-order valence-electron chi connectivity index (χ4n) is 0.805. The topological polar surface area (TPSA) is 26.0 Å². The Morgan fingerprint density at radius 1 is 1.08 bits per heavy atom. The van der Waals surface area contributed by atoms with E-state index in [1.165, 1.54) is 5.57 Å². The molecule has 0 atom stereocenters. The molecule has 1 nitrogen and oxygen atoms in total. The second-order valence-corrected chi connectivity index (χ2v) is 2.36. The van der Waals surface area contributed by atoms with Gasteiger partial charge >= 0.3 is 0 Å². The third kappa shape index (κ3) is 7.39. The molecule has 0 aromatic heterocycles. The van der Waals surface area contributed by atoms with Gasteiger partial charge in [-0.25, -0.2) is 0 Å². The van der Waals surface area contributed by atoms with E-state index < -0.39 is 0 Å². The van der Waals surface area contributed by atoms with Gasteiger partial charge in [0.2, 0.25) is 0 Å². The van der Waals surface area contributed by atoms with Crippen molar-refractivity contribution in [2.75, 3.05) is 0 Å². The summed E-state index contributed by atoms with van der Waals surface area (Å²) in [4.78, 5) is 0. The van der Waals surface area contributed by atoms with Gasteiger partial charge in [-0.1, -0.05) is 39.8 Å². The zero-order chi connectivity index (χ0) is 9.98. The van der Waals surface area contributed by atoms with Crippen LogP contribution in [0.3, 0.4) is 0 Å². The second-order valence-electron chi connectivity index (χ2n) is 2.36. The lowest BCUT2D eigenvalue weighted by molar-refractivity contribution is 1.13. The monoisotopic (exact) mass is 169 g/mol. The summed E-state index contributed by atoms with van der Waals surface area (Å²) in [6.45, 7) is 10.2. The Labute approximate surface area is 77.4 Å². The first-order valence-corrected chi connectivity index (χ1v) is 4.85. The molecule has 0 aromatic rings. The van der Waals surface area contributed by atoms with E-state index >= 15 is 0 Å². The highest BCUT2D eigenvalue weighted by atomic mass is 14.6. The minimum atomic E-state index is 0.921. The normalized spacial score (nSPS) is 12.1. The van der Waals surface area contributed by atoms with E-state index in [-0.39, 0.29) is 0 Å². The Morgan fingerprint density at radius 3 is 1.83 bits per heavy atom. The van der Waals surface area contributed by atoms with Gasteiger partial charge in [0.05, 0.1) is 0 Å². The molecule has 2 N–H and O–H groups in total. The zero-order valence-corrected chi connectivity index (χ0v) is 9.15. The molecule has 0 aliphatic rings. The highest BCUT2D eigenvalue weighted by molar-refractivity contribution is 5.25. The first-order chi connectivity index (χ1) is 5.72. The molecule has 0 aromatic carbocycles. The minimum Gasteiger partial charge on any atom is -0.399 e. The van der Waals surface area contributed by atoms with Crippen LogP contribution in [-0.4, -0.2) is 0 Å². The number of rotatable bonds is 3. The van der Waals surface area contributed by atoms with E-state index in [0.29, 0.717) is 0 Å². The van der Waals surface area contributed by atoms with Crippen LogP contribution >= 0.6 is 0 Å². The Hall–Kier alpha value is -0.720. The molecule has 12 heavy (non-hydrogen) atoms. The average molecular weight is 169 g/mol. The minimum absolute atomic E-state index is 0.921. The van der Waals surface area contributed by atoms with Crippen molar-refractivity contribution in [1.82, 2.24) is 0 Å². The van der Waals surface area contributed by atoms with E-state index in [4.69, 9.17) is 5.73 Å². The van der Waals surface area contributed by atoms with Crippen molar-refractivity contribution >= 4 is 0 Å². The Kier molecular flexibility index (Phi) is 11.9. The summed E-state index contributed by atoms with van der Waals surface area (Å²) in [6, 6.07) is 0. The zero-order valence-electron chi connectivity index (χ0n) is 9.15. The molecule has 0 aliphatic carbocycles. The van der Waals surface area contributed by atoms with Crippen molar-refractivity contribution in [3.63, 3.8) is 0 Å². The standard InChI is InChI=1S/C9H17N.C2H6/c1-4-6-8(3)9(10)7-5-2;1-2/h6-7H,4-5,10H2,1-3H3;1-2H3/b8-6-,9-7+;. The highest BCUT2D eigenvalue weighted by Crippen LogP contribution is 2.03. The van der Waals surface area contributed by atoms with Gasteiger partial charge in [0.15, 0.2) is 0 Å². The molecular formula is C11H23N. The summed E-state index contributed by atoms with van der Waals surface area (Å²) in [6.07, 6.45) is 6.26. The van der Waals surface area contributed by atoms with Crippen LogP contribution in [0.2, 0.25) is 0 Å². The van der Waals surface area contributed by atoms with E-state index in [0.717, 1.165) is 18.5 Å². The van der Waals surface area contributed by atoms with Gasteiger partial charge in [-0.2, -0.15) is 0 Å². The Morgan fingerprint density at radius 2 is 1.50 bits per heavy atom. The molecule has 0 rings (SSSR count). The third-order valence-corrected chi connectivity index (χ3v) is 1.39. The first kappa shape index (κ1) is 13.8. The van der Waals surface area contributed by atoms with Crippen LogP contribution < -0.4 is 5.73 Å². The highest BCUT2D eigenvalue weighted by Gasteiger charge is 1.89. The van der Waals surface area contributed by atoms with Crippen molar-refractivity contribution in [2.45, 2.75) is 47.5 Å². The largest absolute Gasteiger partial charge is 0.399 e. The molecule has 0 unspecified atom stereocenters. The van der Waals surface area contributed by atoms with Gasteiger partial charge in [0, 0.05) is 5.70 Å². The lowest BCUT2D eigenvalue weighted by atomic mass is 10.2. The maximum atomic E-state index is 5.71. The van der Waals surface area contributed by atoms with Crippen molar-refractivity contribution in [2.24, 2.45) is 5.73 Å². The molecule has 0 fully saturated rings. The summed E-state index contributed by atoms with van der Waals surface area (Å²) in [5, 5.41) is 0. The maximum Gasteiger partial charge on any atom is 0.0299 e. The molecule has 0 heterocycles. The van der Waals surface area contributed by atoms with Crippen molar-refractivity contribution in [3.8, 4) is 0 Å². The lowest BCUT2D eigenvalue weighted by Gasteiger charge is -1.98. The van der Waals surface area contributed by atoms with E-state index in [1.54, 1.807) is 0 Å². The van der Waals surface area contributed by atoms with Crippen LogP contribution in [0.5, 0.6) is 0 Å². The van der Waals surface area contributed by atoms with Gasteiger partial charge in [0.1, 0.15) is 0 Å². The molecule has 1 heteroatoms.